The first-order chi connectivity index (χ1) is 12.2. The molecule has 0 spiro atoms. The maximum Gasteiger partial charge on any atom is 0.146 e. The van der Waals surface area contributed by atoms with E-state index < -0.39 is 5.82 Å². The highest BCUT2D eigenvalue weighted by atomic mass is 35.5. The van der Waals surface area contributed by atoms with Crippen LogP contribution < -0.4 is 16.4 Å². The fourth-order valence-corrected chi connectivity index (χ4v) is 2.99. The van der Waals surface area contributed by atoms with Gasteiger partial charge in [-0.15, -0.1) is 0 Å². The van der Waals surface area contributed by atoms with Crippen LogP contribution in [0.1, 0.15) is 17.2 Å². The van der Waals surface area contributed by atoms with Gasteiger partial charge < -0.3 is 4.57 Å². The van der Waals surface area contributed by atoms with E-state index in [1.807, 2.05) is 22.9 Å². The zero-order valence-corrected chi connectivity index (χ0v) is 14.0. The Balaban J connectivity index is 1.57. The van der Waals surface area contributed by atoms with Crippen molar-refractivity contribution in [2.75, 3.05) is 6.54 Å². The number of benzene rings is 1. The Morgan fingerprint density at radius 1 is 1.24 bits per heavy atom. The van der Waals surface area contributed by atoms with E-state index in [0.717, 1.165) is 23.5 Å². The number of hydrogen-bond donors (Lipinski definition) is 3. The Bertz CT molecular complexity index is 890. The molecule has 0 radical (unpaired) electrons. The summed E-state index contributed by atoms with van der Waals surface area (Å²) < 4.78 is 15.9. The average molecular weight is 359 g/mol. The van der Waals surface area contributed by atoms with Crippen LogP contribution >= 0.6 is 11.6 Å². The summed E-state index contributed by atoms with van der Waals surface area (Å²) in [5.41, 5.74) is 12.2. The molecule has 0 amide bonds. The molecule has 3 heterocycles. The SMILES string of the molecule is Fc1c(Cl)cccc1Cn1cnc(-c2cc(C3CNNN3)ccn2)c1. The second-order valence-corrected chi connectivity index (χ2v) is 6.23. The van der Waals surface area contributed by atoms with Crippen molar-refractivity contribution in [2.24, 2.45) is 0 Å². The van der Waals surface area contributed by atoms with Crippen molar-refractivity contribution in [1.82, 2.24) is 30.9 Å². The second-order valence-electron chi connectivity index (χ2n) is 5.82. The van der Waals surface area contributed by atoms with E-state index in [2.05, 4.69) is 26.4 Å². The monoisotopic (exact) mass is 358 g/mol. The van der Waals surface area contributed by atoms with E-state index in [1.54, 1.807) is 24.7 Å². The van der Waals surface area contributed by atoms with Gasteiger partial charge in [0, 0.05) is 24.5 Å². The Hall–Kier alpha value is -2.32. The first kappa shape index (κ1) is 16.2. The zero-order valence-electron chi connectivity index (χ0n) is 13.2. The quantitative estimate of drug-likeness (QED) is 0.668. The smallest absolute Gasteiger partial charge is 0.146 e. The average Bonchev–Trinajstić information content (AvgIpc) is 3.31. The molecule has 1 aromatic carbocycles. The van der Waals surface area contributed by atoms with Crippen molar-refractivity contribution in [3.8, 4) is 11.4 Å². The standard InChI is InChI=1S/C17H16ClFN6/c18-13-3-1-2-12(17(13)19)8-25-9-16(21-10-25)14-6-11(4-5-20-14)15-7-22-24-23-15/h1-6,9-10,15,22-24H,7-8H2. The predicted octanol–water partition coefficient (Wildman–Crippen LogP) is 2.44. The highest BCUT2D eigenvalue weighted by molar-refractivity contribution is 6.30. The number of nitrogens with one attached hydrogen (secondary N) is 3. The molecule has 8 heteroatoms. The van der Waals surface area contributed by atoms with E-state index in [4.69, 9.17) is 11.6 Å². The molecule has 1 fully saturated rings. The summed E-state index contributed by atoms with van der Waals surface area (Å²) in [6, 6.07) is 9.12. The Labute approximate surface area is 149 Å². The lowest BCUT2D eigenvalue weighted by Gasteiger charge is -2.09. The highest BCUT2D eigenvalue weighted by Gasteiger charge is 2.17. The molecule has 1 saturated heterocycles. The van der Waals surface area contributed by atoms with Gasteiger partial charge in [-0.25, -0.2) is 20.2 Å². The van der Waals surface area contributed by atoms with E-state index in [-0.39, 0.29) is 11.1 Å². The zero-order chi connectivity index (χ0) is 17.2. The third-order valence-electron chi connectivity index (χ3n) is 4.11. The van der Waals surface area contributed by atoms with Crippen LogP contribution in [-0.4, -0.2) is 21.1 Å². The normalized spacial score (nSPS) is 17.1. The molecule has 1 aliphatic rings. The van der Waals surface area contributed by atoms with E-state index >= 15 is 0 Å². The Morgan fingerprint density at radius 2 is 2.16 bits per heavy atom. The van der Waals surface area contributed by atoms with Gasteiger partial charge in [-0.3, -0.25) is 4.98 Å². The van der Waals surface area contributed by atoms with Gasteiger partial charge in [0.1, 0.15) is 11.5 Å². The topological polar surface area (TPSA) is 66.8 Å². The number of rotatable bonds is 4. The number of hydrogen-bond acceptors (Lipinski definition) is 5. The molecule has 1 aliphatic heterocycles. The molecule has 6 nitrogen and oxygen atoms in total. The summed E-state index contributed by atoms with van der Waals surface area (Å²) in [7, 11) is 0. The molecule has 3 aromatic rings. The van der Waals surface area contributed by atoms with Crippen molar-refractivity contribution >= 4 is 11.6 Å². The number of pyridine rings is 1. The van der Waals surface area contributed by atoms with Crippen LogP contribution in [0.15, 0.2) is 49.1 Å². The lowest BCUT2D eigenvalue weighted by Crippen LogP contribution is -2.30. The highest BCUT2D eigenvalue weighted by Crippen LogP contribution is 2.22. The molecule has 25 heavy (non-hydrogen) atoms. The van der Waals surface area contributed by atoms with Crippen molar-refractivity contribution in [1.29, 1.82) is 0 Å². The van der Waals surface area contributed by atoms with Gasteiger partial charge in [0.05, 0.1) is 29.6 Å². The van der Waals surface area contributed by atoms with E-state index in [1.165, 1.54) is 6.07 Å². The lowest BCUT2D eigenvalue weighted by atomic mass is 10.1. The maximum atomic E-state index is 14.0. The molecule has 128 valence electrons. The molecule has 2 aromatic heterocycles. The first-order valence-corrected chi connectivity index (χ1v) is 8.23. The Morgan fingerprint density at radius 3 is 3.00 bits per heavy atom. The summed E-state index contributed by atoms with van der Waals surface area (Å²) in [5.74, 6) is -0.396. The van der Waals surface area contributed by atoms with Crippen molar-refractivity contribution in [2.45, 2.75) is 12.6 Å². The summed E-state index contributed by atoms with van der Waals surface area (Å²) in [4.78, 5) is 8.79. The predicted molar refractivity (Wildman–Crippen MR) is 93.0 cm³/mol. The molecule has 3 N–H and O–H groups in total. The number of nitrogens with zero attached hydrogens (tertiary/aromatic N) is 3. The van der Waals surface area contributed by atoms with Gasteiger partial charge in [0.15, 0.2) is 0 Å². The number of halogens is 2. The Kier molecular flexibility index (Phi) is 4.46. The molecular weight excluding hydrogens is 343 g/mol. The number of imidazole rings is 1. The fourth-order valence-electron chi connectivity index (χ4n) is 2.79. The third-order valence-corrected chi connectivity index (χ3v) is 4.40. The summed E-state index contributed by atoms with van der Waals surface area (Å²) >= 11 is 5.83. The maximum absolute atomic E-state index is 14.0. The first-order valence-electron chi connectivity index (χ1n) is 7.85. The van der Waals surface area contributed by atoms with Crippen molar-refractivity contribution in [3.63, 3.8) is 0 Å². The summed E-state index contributed by atoms with van der Waals surface area (Å²) in [5, 5.41) is 0.124. The largest absolute Gasteiger partial charge is 0.332 e. The van der Waals surface area contributed by atoms with Gasteiger partial charge in [0.25, 0.3) is 0 Å². The minimum atomic E-state index is -0.396. The molecule has 0 saturated carbocycles. The molecular formula is C17H16ClFN6. The van der Waals surface area contributed by atoms with Crippen LogP contribution in [0, 0.1) is 5.82 Å². The van der Waals surface area contributed by atoms with Gasteiger partial charge in [-0.1, -0.05) is 23.7 Å². The van der Waals surface area contributed by atoms with Crippen LogP contribution in [0.5, 0.6) is 0 Å². The van der Waals surface area contributed by atoms with Crippen molar-refractivity contribution in [3.05, 3.63) is 71.0 Å². The second kappa shape index (κ2) is 6.89. The number of aromatic nitrogens is 3. The van der Waals surface area contributed by atoms with Gasteiger partial charge in [-0.2, -0.15) is 5.53 Å². The minimum absolute atomic E-state index is 0.124. The van der Waals surface area contributed by atoms with Crippen LogP contribution in [0.3, 0.4) is 0 Å². The fraction of sp³-hybridized carbons (Fsp3) is 0.176. The van der Waals surface area contributed by atoms with Crippen LogP contribution in [0.4, 0.5) is 4.39 Å². The van der Waals surface area contributed by atoms with Crippen LogP contribution in [0.25, 0.3) is 11.4 Å². The minimum Gasteiger partial charge on any atom is -0.332 e. The van der Waals surface area contributed by atoms with Gasteiger partial charge in [-0.05, 0) is 23.8 Å². The van der Waals surface area contributed by atoms with E-state index in [9.17, 15) is 4.39 Å². The third kappa shape index (κ3) is 3.40. The van der Waals surface area contributed by atoms with Crippen LogP contribution in [0.2, 0.25) is 5.02 Å². The molecule has 1 atom stereocenters. The van der Waals surface area contributed by atoms with Crippen LogP contribution in [-0.2, 0) is 6.54 Å². The summed E-state index contributed by atoms with van der Waals surface area (Å²) in [6.45, 7) is 1.14. The van der Waals surface area contributed by atoms with Gasteiger partial charge in [0.2, 0.25) is 0 Å². The summed E-state index contributed by atoms with van der Waals surface area (Å²) in [6.07, 6.45) is 5.28. The number of hydrazine groups is 2. The van der Waals surface area contributed by atoms with Crippen molar-refractivity contribution < 1.29 is 4.39 Å². The molecule has 0 bridgehead atoms. The lowest BCUT2D eigenvalue weighted by molar-refractivity contribution is 0.555. The molecule has 0 aliphatic carbocycles. The molecule has 1 unspecified atom stereocenters. The van der Waals surface area contributed by atoms with Gasteiger partial charge >= 0.3 is 0 Å². The molecule has 4 rings (SSSR count). The van der Waals surface area contributed by atoms with E-state index in [0.29, 0.717) is 12.1 Å².